The van der Waals surface area contributed by atoms with Gasteiger partial charge in [0.05, 0.1) is 0 Å². The van der Waals surface area contributed by atoms with Crippen molar-refractivity contribution in [2.75, 3.05) is 14.1 Å². The molecule has 1 unspecified atom stereocenters. The van der Waals surface area contributed by atoms with Gasteiger partial charge in [-0.25, -0.2) is 0 Å². The summed E-state index contributed by atoms with van der Waals surface area (Å²) in [5.41, 5.74) is 0.873. The van der Waals surface area contributed by atoms with Gasteiger partial charge in [-0.1, -0.05) is 6.07 Å². The minimum Gasteiger partial charge on any atom is -0.296 e. The first-order valence-corrected chi connectivity index (χ1v) is 3.69. The molecule has 0 aliphatic heterocycles. The lowest BCUT2D eigenvalue weighted by Gasteiger charge is -2.16. The molecule has 1 radical (unpaired) electrons. The zero-order chi connectivity index (χ0) is 8.97. The summed E-state index contributed by atoms with van der Waals surface area (Å²) in [6.45, 7) is 0. The molecule has 0 saturated heterocycles. The van der Waals surface area contributed by atoms with E-state index in [0.29, 0.717) is 0 Å². The van der Waals surface area contributed by atoms with Crippen LogP contribution in [0.4, 0.5) is 0 Å². The van der Waals surface area contributed by atoms with E-state index in [2.05, 4.69) is 4.98 Å². The van der Waals surface area contributed by atoms with Crippen LogP contribution in [-0.4, -0.2) is 30.3 Å². The number of aromatic nitrogens is 1. The summed E-state index contributed by atoms with van der Waals surface area (Å²) in [6, 6.07) is 3.37. The zero-order valence-electron chi connectivity index (χ0n) is 7.19. The van der Waals surface area contributed by atoms with Crippen molar-refractivity contribution in [1.29, 1.82) is 0 Å². The van der Waals surface area contributed by atoms with Gasteiger partial charge in [0.2, 0.25) is 6.29 Å². The van der Waals surface area contributed by atoms with Crippen molar-refractivity contribution in [2.45, 2.75) is 6.04 Å². The van der Waals surface area contributed by atoms with E-state index in [1.54, 1.807) is 17.3 Å². The topological polar surface area (TPSA) is 33.2 Å². The molecule has 3 heteroatoms. The molecule has 1 rings (SSSR count). The largest absolute Gasteiger partial charge is 0.296 e. The van der Waals surface area contributed by atoms with Gasteiger partial charge in [-0.2, -0.15) is 0 Å². The summed E-state index contributed by atoms with van der Waals surface area (Å²) in [6.07, 6.45) is 5.31. The molecule has 0 spiro atoms. The Morgan fingerprint density at radius 2 is 2.33 bits per heavy atom. The number of rotatable bonds is 3. The smallest absolute Gasteiger partial charge is 0.222 e. The van der Waals surface area contributed by atoms with Gasteiger partial charge in [0.1, 0.15) is 6.04 Å². The van der Waals surface area contributed by atoms with Gasteiger partial charge in [0.15, 0.2) is 0 Å². The SMILES string of the molecule is CN(C)C([C]=O)c1cccnc1. The van der Waals surface area contributed by atoms with Gasteiger partial charge in [-0.15, -0.1) is 0 Å². The highest BCUT2D eigenvalue weighted by molar-refractivity contribution is 5.61. The van der Waals surface area contributed by atoms with Gasteiger partial charge in [-0.3, -0.25) is 14.7 Å². The van der Waals surface area contributed by atoms with Crippen molar-refractivity contribution in [3.05, 3.63) is 30.1 Å². The van der Waals surface area contributed by atoms with Gasteiger partial charge < -0.3 is 0 Å². The third-order valence-electron chi connectivity index (χ3n) is 1.63. The van der Waals surface area contributed by atoms with Gasteiger partial charge in [-0.05, 0) is 25.7 Å². The fourth-order valence-corrected chi connectivity index (χ4v) is 1.01. The highest BCUT2D eigenvalue weighted by Crippen LogP contribution is 2.13. The molecule has 0 amide bonds. The van der Waals surface area contributed by atoms with Crippen LogP contribution in [-0.2, 0) is 4.79 Å². The van der Waals surface area contributed by atoms with Crippen LogP contribution in [0.15, 0.2) is 24.5 Å². The molecule has 12 heavy (non-hydrogen) atoms. The summed E-state index contributed by atoms with van der Waals surface area (Å²) in [7, 11) is 3.67. The quantitative estimate of drug-likeness (QED) is 0.660. The van der Waals surface area contributed by atoms with Crippen molar-refractivity contribution in [3.8, 4) is 0 Å². The Bertz CT molecular complexity index is 246. The molecular formula is C9H11N2O. The summed E-state index contributed by atoms with van der Waals surface area (Å²) in [4.78, 5) is 16.3. The highest BCUT2D eigenvalue weighted by Gasteiger charge is 2.12. The molecule has 0 fully saturated rings. The van der Waals surface area contributed by atoms with Crippen LogP contribution in [0.2, 0.25) is 0 Å². The van der Waals surface area contributed by atoms with Crippen LogP contribution in [0.5, 0.6) is 0 Å². The van der Waals surface area contributed by atoms with E-state index in [0.717, 1.165) is 5.56 Å². The zero-order valence-corrected chi connectivity index (χ0v) is 7.19. The fourth-order valence-electron chi connectivity index (χ4n) is 1.01. The van der Waals surface area contributed by atoms with Crippen molar-refractivity contribution < 1.29 is 4.79 Å². The number of likely N-dealkylation sites (N-methyl/N-ethyl adjacent to an activating group) is 1. The van der Waals surface area contributed by atoms with Crippen molar-refractivity contribution in [2.24, 2.45) is 0 Å². The number of carbonyl (C=O) groups excluding carboxylic acids is 1. The van der Waals surface area contributed by atoms with E-state index in [-0.39, 0.29) is 6.04 Å². The molecule has 1 aromatic rings. The van der Waals surface area contributed by atoms with E-state index in [9.17, 15) is 4.79 Å². The average Bonchev–Trinajstić information content (AvgIpc) is 2.07. The number of hydrogen-bond donors (Lipinski definition) is 0. The van der Waals surface area contributed by atoms with Crippen molar-refractivity contribution in [1.82, 2.24) is 9.88 Å². The summed E-state index contributed by atoms with van der Waals surface area (Å²) in [5, 5.41) is 0. The van der Waals surface area contributed by atoms with E-state index < -0.39 is 0 Å². The predicted octanol–water partition coefficient (Wildman–Crippen LogP) is 0.794. The Morgan fingerprint density at radius 3 is 2.75 bits per heavy atom. The molecule has 1 aromatic heterocycles. The Labute approximate surface area is 72.0 Å². The lowest BCUT2D eigenvalue weighted by atomic mass is 10.1. The standard InChI is InChI=1S/C9H11N2O/c1-11(2)9(7-12)8-4-3-5-10-6-8/h3-6,9H,1-2H3. The molecule has 0 bridgehead atoms. The summed E-state index contributed by atoms with van der Waals surface area (Å²) < 4.78 is 0. The average molecular weight is 163 g/mol. The lowest BCUT2D eigenvalue weighted by molar-refractivity contribution is 0.354. The van der Waals surface area contributed by atoms with Crippen molar-refractivity contribution in [3.63, 3.8) is 0 Å². The minimum absolute atomic E-state index is 0.307. The molecule has 0 aliphatic carbocycles. The van der Waals surface area contributed by atoms with E-state index in [1.807, 2.05) is 32.5 Å². The van der Waals surface area contributed by atoms with E-state index in [4.69, 9.17) is 0 Å². The maximum atomic E-state index is 10.6. The maximum Gasteiger partial charge on any atom is 0.222 e. The molecule has 0 aliphatic rings. The van der Waals surface area contributed by atoms with Crippen LogP contribution >= 0.6 is 0 Å². The fraction of sp³-hybridized carbons (Fsp3) is 0.333. The highest BCUT2D eigenvalue weighted by atomic mass is 16.1. The molecule has 3 nitrogen and oxygen atoms in total. The normalized spacial score (nSPS) is 12.9. The second kappa shape index (κ2) is 3.97. The number of nitrogens with zero attached hydrogens (tertiary/aromatic N) is 2. The number of hydrogen-bond acceptors (Lipinski definition) is 3. The minimum atomic E-state index is -0.307. The molecule has 0 aromatic carbocycles. The summed E-state index contributed by atoms with van der Waals surface area (Å²) in [5.74, 6) is 0. The maximum absolute atomic E-state index is 10.6. The monoisotopic (exact) mass is 163 g/mol. The Hall–Kier alpha value is -1.22. The molecule has 63 valence electrons. The Morgan fingerprint density at radius 1 is 1.58 bits per heavy atom. The van der Waals surface area contributed by atoms with Crippen LogP contribution < -0.4 is 0 Å². The Kier molecular flexibility index (Phi) is 2.94. The van der Waals surface area contributed by atoms with Crippen LogP contribution in [0.1, 0.15) is 11.6 Å². The lowest BCUT2D eigenvalue weighted by Crippen LogP contribution is -2.20. The van der Waals surface area contributed by atoms with Crippen LogP contribution in [0.3, 0.4) is 0 Å². The molecular weight excluding hydrogens is 152 g/mol. The van der Waals surface area contributed by atoms with Gasteiger partial charge in [0.25, 0.3) is 0 Å². The van der Waals surface area contributed by atoms with Crippen molar-refractivity contribution >= 4 is 6.29 Å². The van der Waals surface area contributed by atoms with Crippen LogP contribution in [0, 0.1) is 0 Å². The second-order valence-corrected chi connectivity index (χ2v) is 2.77. The van der Waals surface area contributed by atoms with E-state index >= 15 is 0 Å². The van der Waals surface area contributed by atoms with Gasteiger partial charge in [0, 0.05) is 12.4 Å². The third kappa shape index (κ3) is 1.89. The second-order valence-electron chi connectivity index (χ2n) is 2.77. The molecule has 0 saturated carbocycles. The molecule has 1 atom stereocenters. The first kappa shape index (κ1) is 8.87. The van der Waals surface area contributed by atoms with E-state index in [1.165, 1.54) is 0 Å². The van der Waals surface area contributed by atoms with Crippen LogP contribution in [0.25, 0.3) is 0 Å². The Balaban J connectivity index is 2.88. The first-order chi connectivity index (χ1) is 5.75. The predicted molar refractivity (Wildman–Crippen MR) is 46.4 cm³/mol. The summed E-state index contributed by atoms with van der Waals surface area (Å²) >= 11 is 0. The third-order valence-corrected chi connectivity index (χ3v) is 1.63. The molecule has 1 heterocycles. The first-order valence-electron chi connectivity index (χ1n) is 3.69. The molecule has 0 N–H and O–H groups in total. The van der Waals surface area contributed by atoms with Gasteiger partial charge >= 0.3 is 0 Å². The number of pyridine rings is 1.